The van der Waals surface area contributed by atoms with Crippen LogP contribution in [-0.4, -0.2) is 19.7 Å². The second-order valence-electron chi connectivity index (χ2n) is 4.79. The largest absolute Gasteiger partial charge is 0.491 e. The average Bonchev–Trinajstić information content (AvgIpc) is 2.46. The summed E-state index contributed by atoms with van der Waals surface area (Å²) in [5.74, 6) is 0.671. The SMILES string of the molecule is C=CCCN1CCOc2ccccc2-c2c1c(=O)c2=O. The Hall–Kier alpha value is -2.36. The highest BCUT2D eigenvalue weighted by Crippen LogP contribution is 2.35. The lowest BCUT2D eigenvalue weighted by Crippen LogP contribution is -2.44. The number of anilines is 1. The van der Waals surface area contributed by atoms with Gasteiger partial charge in [-0.3, -0.25) is 9.59 Å². The maximum absolute atomic E-state index is 11.9. The van der Waals surface area contributed by atoms with E-state index in [9.17, 15) is 9.59 Å². The molecule has 4 nitrogen and oxygen atoms in total. The van der Waals surface area contributed by atoms with Gasteiger partial charge in [0.2, 0.25) is 10.9 Å². The van der Waals surface area contributed by atoms with Crippen molar-refractivity contribution in [1.82, 2.24) is 0 Å². The van der Waals surface area contributed by atoms with Crippen LogP contribution in [0.4, 0.5) is 5.69 Å². The van der Waals surface area contributed by atoms with Gasteiger partial charge in [0.25, 0.3) is 0 Å². The molecular weight excluding hydrogens is 254 g/mol. The highest BCUT2D eigenvalue weighted by Gasteiger charge is 2.29. The fourth-order valence-electron chi connectivity index (χ4n) is 2.58. The molecule has 0 fully saturated rings. The number of benzene rings is 1. The third kappa shape index (κ3) is 1.84. The van der Waals surface area contributed by atoms with Crippen molar-refractivity contribution in [2.24, 2.45) is 0 Å². The Morgan fingerprint density at radius 2 is 2.05 bits per heavy atom. The van der Waals surface area contributed by atoms with Crippen molar-refractivity contribution in [3.8, 4) is 16.9 Å². The van der Waals surface area contributed by atoms with Gasteiger partial charge in [0.05, 0.1) is 12.1 Å². The molecule has 0 saturated heterocycles. The summed E-state index contributed by atoms with van der Waals surface area (Å²) in [4.78, 5) is 25.8. The molecule has 20 heavy (non-hydrogen) atoms. The first-order valence-corrected chi connectivity index (χ1v) is 6.65. The molecule has 0 N–H and O–H groups in total. The van der Waals surface area contributed by atoms with Crippen LogP contribution in [0.5, 0.6) is 5.75 Å². The third-order valence-corrected chi connectivity index (χ3v) is 3.58. The molecule has 1 aliphatic rings. The minimum Gasteiger partial charge on any atom is -0.491 e. The van der Waals surface area contributed by atoms with E-state index in [1.807, 2.05) is 29.2 Å². The number of ether oxygens (including phenoxy) is 1. The van der Waals surface area contributed by atoms with Crippen molar-refractivity contribution in [2.45, 2.75) is 6.42 Å². The van der Waals surface area contributed by atoms with Crippen LogP contribution >= 0.6 is 0 Å². The number of para-hydroxylation sites is 1. The van der Waals surface area contributed by atoms with E-state index in [0.29, 0.717) is 36.7 Å². The lowest BCUT2D eigenvalue weighted by molar-refractivity contribution is 0.323. The van der Waals surface area contributed by atoms with Gasteiger partial charge in [-0.1, -0.05) is 24.3 Å². The van der Waals surface area contributed by atoms with E-state index in [0.717, 1.165) is 12.0 Å². The molecule has 102 valence electrons. The molecule has 0 aliphatic carbocycles. The topological polar surface area (TPSA) is 46.6 Å². The van der Waals surface area contributed by atoms with Crippen molar-refractivity contribution in [1.29, 1.82) is 0 Å². The van der Waals surface area contributed by atoms with E-state index in [2.05, 4.69) is 6.58 Å². The molecule has 3 rings (SSSR count). The van der Waals surface area contributed by atoms with E-state index < -0.39 is 5.43 Å². The second-order valence-corrected chi connectivity index (χ2v) is 4.79. The Kier molecular flexibility index (Phi) is 3.14. The number of fused-ring (bicyclic) bond motifs is 3. The normalized spacial score (nSPS) is 13.9. The molecule has 0 radical (unpaired) electrons. The Bertz CT molecular complexity index is 725. The van der Waals surface area contributed by atoms with Crippen LogP contribution in [0.15, 0.2) is 46.5 Å². The average molecular weight is 269 g/mol. The Morgan fingerprint density at radius 1 is 1.25 bits per heavy atom. The van der Waals surface area contributed by atoms with Gasteiger partial charge < -0.3 is 9.64 Å². The molecule has 0 spiro atoms. The molecule has 4 heteroatoms. The summed E-state index contributed by atoms with van der Waals surface area (Å²) in [6.45, 7) is 5.46. The highest BCUT2D eigenvalue weighted by molar-refractivity contribution is 5.86. The number of nitrogens with zero attached hydrogens (tertiary/aromatic N) is 1. The summed E-state index contributed by atoms with van der Waals surface area (Å²) in [7, 11) is 0. The maximum Gasteiger partial charge on any atom is 0.250 e. The minimum absolute atomic E-state index is 0.388. The number of hydrogen-bond donors (Lipinski definition) is 0. The standard InChI is InChI=1S/C16H15NO3/c1-2-3-8-17-9-10-20-12-7-5-4-6-11(12)13-14(17)16(19)15(13)18/h2,4-7H,1,3,8-10H2. The third-order valence-electron chi connectivity index (χ3n) is 3.58. The summed E-state index contributed by atoms with van der Waals surface area (Å²) >= 11 is 0. The molecule has 2 aromatic rings. The van der Waals surface area contributed by atoms with Crippen LogP contribution < -0.4 is 20.5 Å². The first kappa shape index (κ1) is 12.7. The smallest absolute Gasteiger partial charge is 0.250 e. The molecule has 0 amide bonds. The minimum atomic E-state index is -0.415. The van der Waals surface area contributed by atoms with Gasteiger partial charge in [0, 0.05) is 12.1 Å². The zero-order chi connectivity index (χ0) is 14.1. The molecule has 1 aliphatic heterocycles. The van der Waals surface area contributed by atoms with Crippen LogP contribution in [0.25, 0.3) is 11.1 Å². The van der Waals surface area contributed by atoms with Crippen LogP contribution in [0.1, 0.15) is 6.42 Å². The van der Waals surface area contributed by atoms with Gasteiger partial charge in [0.15, 0.2) is 0 Å². The lowest BCUT2D eigenvalue weighted by Gasteiger charge is -2.30. The molecule has 0 aromatic heterocycles. The van der Waals surface area contributed by atoms with Crippen molar-refractivity contribution in [2.75, 3.05) is 24.6 Å². The molecule has 0 unspecified atom stereocenters. The number of hydrogen-bond acceptors (Lipinski definition) is 4. The van der Waals surface area contributed by atoms with Gasteiger partial charge in [-0.25, -0.2) is 0 Å². The van der Waals surface area contributed by atoms with Crippen LogP contribution in [0.2, 0.25) is 0 Å². The van der Waals surface area contributed by atoms with Crippen LogP contribution in [-0.2, 0) is 0 Å². The predicted octanol–water partition coefficient (Wildman–Crippen LogP) is 1.72. The van der Waals surface area contributed by atoms with Gasteiger partial charge in [-0.15, -0.1) is 6.58 Å². The van der Waals surface area contributed by atoms with Crippen molar-refractivity contribution >= 4 is 5.69 Å². The quantitative estimate of drug-likeness (QED) is 0.629. The van der Waals surface area contributed by atoms with Crippen molar-refractivity contribution < 1.29 is 4.74 Å². The molecule has 1 heterocycles. The van der Waals surface area contributed by atoms with Gasteiger partial charge in [-0.2, -0.15) is 0 Å². The number of rotatable bonds is 3. The summed E-state index contributed by atoms with van der Waals surface area (Å²) in [6, 6.07) is 7.36. The summed E-state index contributed by atoms with van der Waals surface area (Å²) < 4.78 is 5.71. The predicted molar refractivity (Wildman–Crippen MR) is 79.3 cm³/mol. The van der Waals surface area contributed by atoms with Crippen molar-refractivity contribution in [3.05, 3.63) is 57.4 Å². The van der Waals surface area contributed by atoms with Crippen molar-refractivity contribution in [3.63, 3.8) is 0 Å². The second kappa shape index (κ2) is 4.96. The highest BCUT2D eigenvalue weighted by atomic mass is 16.5. The molecule has 0 saturated carbocycles. The van der Waals surface area contributed by atoms with E-state index in [1.165, 1.54) is 0 Å². The molecule has 0 bridgehead atoms. The Balaban J connectivity index is 2.12. The van der Waals surface area contributed by atoms with Gasteiger partial charge in [-0.05, 0) is 12.5 Å². The molecule has 2 aromatic carbocycles. The molecule has 0 atom stereocenters. The summed E-state index contributed by atoms with van der Waals surface area (Å²) in [6.07, 6.45) is 2.57. The first-order valence-electron chi connectivity index (χ1n) is 6.65. The zero-order valence-electron chi connectivity index (χ0n) is 11.1. The van der Waals surface area contributed by atoms with Gasteiger partial charge in [0.1, 0.15) is 18.0 Å². The zero-order valence-corrected chi connectivity index (χ0v) is 11.1. The maximum atomic E-state index is 11.9. The Labute approximate surface area is 116 Å². The van der Waals surface area contributed by atoms with E-state index in [4.69, 9.17) is 4.74 Å². The summed E-state index contributed by atoms with van der Waals surface area (Å²) in [5, 5.41) is 0. The van der Waals surface area contributed by atoms with E-state index in [-0.39, 0.29) is 5.43 Å². The summed E-state index contributed by atoms with van der Waals surface area (Å²) in [5.41, 5.74) is 0.944. The lowest BCUT2D eigenvalue weighted by atomic mass is 9.96. The first-order chi connectivity index (χ1) is 9.74. The molecular formula is C16H15NO3. The fourth-order valence-corrected chi connectivity index (χ4v) is 2.58. The monoisotopic (exact) mass is 269 g/mol. The van der Waals surface area contributed by atoms with E-state index in [1.54, 1.807) is 6.08 Å². The fraction of sp³-hybridized carbons (Fsp3) is 0.250. The van der Waals surface area contributed by atoms with Crippen LogP contribution in [0, 0.1) is 0 Å². The van der Waals surface area contributed by atoms with Crippen LogP contribution in [0.3, 0.4) is 0 Å². The van der Waals surface area contributed by atoms with E-state index >= 15 is 0 Å². The Morgan fingerprint density at radius 3 is 2.85 bits per heavy atom. The van der Waals surface area contributed by atoms with Gasteiger partial charge >= 0.3 is 0 Å².